The number of benzene rings is 3. The average Bonchev–Trinajstić information content (AvgIpc) is 3.15. The quantitative estimate of drug-likeness (QED) is 0.686. The van der Waals surface area contributed by atoms with E-state index in [0.717, 1.165) is 23.4 Å². The van der Waals surface area contributed by atoms with E-state index in [2.05, 4.69) is 47.5 Å². The number of para-hydroxylation sites is 1. The van der Waals surface area contributed by atoms with Crippen molar-refractivity contribution in [1.29, 1.82) is 5.26 Å². The molecule has 4 rings (SSSR count). The molecular formula is C22H17N3. The van der Waals surface area contributed by atoms with Gasteiger partial charge in [0, 0.05) is 6.42 Å². The summed E-state index contributed by atoms with van der Waals surface area (Å²) < 4.78 is 0. The van der Waals surface area contributed by atoms with Gasteiger partial charge in [-0.15, -0.1) is 0 Å². The van der Waals surface area contributed by atoms with Crippen molar-refractivity contribution in [3.05, 3.63) is 102 Å². The molecule has 3 nitrogen and oxygen atoms in total. The highest BCUT2D eigenvalue weighted by Gasteiger charge is 2.29. The SMILES string of the molecule is N#Cc1ccc(C2=NN(c3ccccc3)C(c3ccccc3)C2)cc1. The number of nitriles is 1. The van der Waals surface area contributed by atoms with Crippen LogP contribution >= 0.6 is 0 Å². The first-order valence-corrected chi connectivity index (χ1v) is 8.32. The molecule has 0 bridgehead atoms. The minimum Gasteiger partial charge on any atom is -0.257 e. The molecule has 1 aliphatic rings. The largest absolute Gasteiger partial charge is 0.257 e. The molecule has 0 aliphatic carbocycles. The Hall–Kier alpha value is -3.38. The van der Waals surface area contributed by atoms with Crippen LogP contribution in [0.4, 0.5) is 5.69 Å². The van der Waals surface area contributed by atoms with Crippen LogP contribution in [0.5, 0.6) is 0 Å². The first-order valence-electron chi connectivity index (χ1n) is 8.32. The van der Waals surface area contributed by atoms with Crippen LogP contribution in [0, 0.1) is 11.3 Å². The van der Waals surface area contributed by atoms with Crippen molar-refractivity contribution >= 4 is 11.4 Å². The van der Waals surface area contributed by atoms with Crippen LogP contribution < -0.4 is 5.01 Å². The molecular weight excluding hydrogens is 306 g/mol. The van der Waals surface area contributed by atoms with Crippen LogP contribution in [0.3, 0.4) is 0 Å². The fourth-order valence-electron chi connectivity index (χ4n) is 3.18. The molecule has 0 saturated heterocycles. The smallest absolute Gasteiger partial charge is 0.0991 e. The predicted octanol–water partition coefficient (Wildman–Crippen LogP) is 4.91. The van der Waals surface area contributed by atoms with Crippen molar-refractivity contribution < 1.29 is 0 Å². The Morgan fingerprint density at radius 1 is 0.840 bits per heavy atom. The second-order valence-corrected chi connectivity index (χ2v) is 6.05. The normalized spacial score (nSPS) is 16.4. The number of hydrazone groups is 1. The Kier molecular flexibility index (Phi) is 4.02. The molecule has 0 spiro atoms. The van der Waals surface area contributed by atoms with E-state index in [4.69, 9.17) is 10.4 Å². The summed E-state index contributed by atoms with van der Waals surface area (Å²) in [5, 5.41) is 16.0. The van der Waals surface area contributed by atoms with E-state index in [-0.39, 0.29) is 6.04 Å². The van der Waals surface area contributed by atoms with E-state index in [9.17, 15) is 0 Å². The molecule has 0 aromatic heterocycles. The summed E-state index contributed by atoms with van der Waals surface area (Å²) in [6.07, 6.45) is 0.838. The van der Waals surface area contributed by atoms with Gasteiger partial charge in [0.15, 0.2) is 0 Å². The van der Waals surface area contributed by atoms with Gasteiger partial charge in [-0.3, -0.25) is 5.01 Å². The third-order valence-corrected chi connectivity index (χ3v) is 4.46. The summed E-state index contributed by atoms with van der Waals surface area (Å²) in [5.74, 6) is 0. The number of hydrogen-bond acceptors (Lipinski definition) is 3. The summed E-state index contributed by atoms with van der Waals surface area (Å²) in [6, 6.07) is 30.7. The molecule has 1 aliphatic heterocycles. The summed E-state index contributed by atoms with van der Waals surface area (Å²) in [5.41, 5.74) is 5.11. The number of rotatable bonds is 3. The molecule has 1 unspecified atom stereocenters. The van der Waals surface area contributed by atoms with Crippen molar-refractivity contribution in [3.8, 4) is 6.07 Å². The molecule has 0 fully saturated rings. The third-order valence-electron chi connectivity index (χ3n) is 4.46. The number of nitrogens with zero attached hydrogens (tertiary/aromatic N) is 3. The Balaban J connectivity index is 1.73. The summed E-state index contributed by atoms with van der Waals surface area (Å²) in [6.45, 7) is 0. The molecule has 25 heavy (non-hydrogen) atoms. The van der Waals surface area contributed by atoms with Crippen LogP contribution in [0.15, 0.2) is 90.0 Å². The summed E-state index contributed by atoms with van der Waals surface area (Å²) in [7, 11) is 0. The first kappa shape index (κ1) is 15.2. The summed E-state index contributed by atoms with van der Waals surface area (Å²) in [4.78, 5) is 0. The molecule has 1 heterocycles. The van der Waals surface area contributed by atoms with Crippen LogP contribution in [0.2, 0.25) is 0 Å². The van der Waals surface area contributed by atoms with Crippen molar-refractivity contribution in [2.45, 2.75) is 12.5 Å². The molecule has 0 amide bonds. The van der Waals surface area contributed by atoms with Crippen molar-refractivity contribution in [2.24, 2.45) is 5.10 Å². The highest BCUT2D eigenvalue weighted by atomic mass is 15.5. The maximum absolute atomic E-state index is 8.99. The average molecular weight is 323 g/mol. The topological polar surface area (TPSA) is 39.4 Å². The fraction of sp³-hybridized carbons (Fsp3) is 0.0909. The predicted molar refractivity (Wildman–Crippen MR) is 100 cm³/mol. The standard InChI is InChI=1S/C22H17N3/c23-16-17-11-13-18(14-12-17)21-15-22(19-7-3-1-4-8-19)25(24-21)20-9-5-2-6-10-20/h1-14,22H,15H2. The number of anilines is 1. The van der Waals surface area contributed by atoms with Crippen LogP contribution in [0.1, 0.15) is 29.2 Å². The molecule has 3 aromatic rings. The van der Waals surface area contributed by atoms with E-state index >= 15 is 0 Å². The molecule has 3 heteroatoms. The Bertz CT molecular complexity index is 923. The van der Waals surface area contributed by atoms with E-state index in [1.54, 1.807) is 0 Å². The second-order valence-electron chi connectivity index (χ2n) is 6.05. The Morgan fingerprint density at radius 3 is 2.12 bits per heavy atom. The molecule has 0 radical (unpaired) electrons. The van der Waals surface area contributed by atoms with Gasteiger partial charge in [-0.1, -0.05) is 60.7 Å². The van der Waals surface area contributed by atoms with Gasteiger partial charge < -0.3 is 0 Å². The van der Waals surface area contributed by atoms with Gasteiger partial charge in [-0.2, -0.15) is 10.4 Å². The van der Waals surface area contributed by atoms with E-state index in [1.807, 2.05) is 48.5 Å². The van der Waals surface area contributed by atoms with Gasteiger partial charge in [-0.05, 0) is 35.4 Å². The molecule has 3 aromatic carbocycles. The fourth-order valence-corrected chi connectivity index (χ4v) is 3.18. The zero-order valence-electron chi connectivity index (χ0n) is 13.7. The lowest BCUT2D eigenvalue weighted by molar-refractivity contribution is 0.709. The van der Waals surface area contributed by atoms with E-state index in [1.165, 1.54) is 5.56 Å². The van der Waals surface area contributed by atoms with Gasteiger partial charge in [-0.25, -0.2) is 0 Å². The molecule has 1 atom stereocenters. The molecule has 0 N–H and O–H groups in total. The Labute approximate surface area is 147 Å². The van der Waals surface area contributed by atoms with Crippen molar-refractivity contribution in [3.63, 3.8) is 0 Å². The lowest BCUT2D eigenvalue weighted by Crippen LogP contribution is -2.18. The maximum atomic E-state index is 8.99. The lowest BCUT2D eigenvalue weighted by Gasteiger charge is -2.23. The summed E-state index contributed by atoms with van der Waals surface area (Å²) >= 11 is 0. The highest BCUT2D eigenvalue weighted by molar-refractivity contribution is 6.03. The number of hydrogen-bond donors (Lipinski definition) is 0. The van der Waals surface area contributed by atoms with Gasteiger partial charge >= 0.3 is 0 Å². The monoisotopic (exact) mass is 323 g/mol. The molecule has 120 valence electrons. The minimum atomic E-state index is 0.175. The molecule has 0 saturated carbocycles. The third kappa shape index (κ3) is 3.02. The van der Waals surface area contributed by atoms with Crippen LogP contribution in [-0.4, -0.2) is 5.71 Å². The zero-order chi connectivity index (χ0) is 17.1. The van der Waals surface area contributed by atoms with Gasteiger partial charge in [0.05, 0.1) is 29.1 Å². The van der Waals surface area contributed by atoms with Gasteiger partial charge in [0.25, 0.3) is 0 Å². The van der Waals surface area contributed by atoms with E-state index in [0.29, 0.717) is 5.56 Å². The van der Waals surface area contributed by atoms with Crippen molar-refractivity contribution in [2.75, 3.05) is 5.01 Å². The maximum Gasteiger partial charge on any atom is 0.0991 e. The zero-order valence-corrected chi connectivity index (χ0v) is 13.7. The second kappa shape index (κ2) is 6.62. The van der Waals surface area contributed by atoms with Gasteiger partial charge in [0.2, 0.25) is 0 Å². The first-order chi connectivity index (χ1) is 12.3. The minimum absolute atomic E-state index is 0.175. The van der Waals surface area contributed by atoms with Gasteiger partial charge in [0.1, 0.15) is 0 Å². The van der Waals surface area contributed by atoms with Crippen molar-refractivity contribution in [1.82, 2.24) is 0 Å². The van der Waals surface area contributed by atoms with E-state index < -0.39 is 0 Å². The highest BCUT2D eigenvalue weighted by Crippen LogP contribution is 2.36. The van der Waals surface area contributed by atoms with Crippen LogP contribution in [-0.2, 0) is 0 Å². The Morgan fingerprint density at radius 2 is 1.48 bits per heavy atom. The lowest BCUT2D eigenvalue weighted by atomic mass is 9.98. The van der Waals surface area contributed by atoms with Crippen LogP contribution in [0.25, 0.3) is 0 Å².